The van der Waals surface area contributed by atoms with Crippen LogP contribution in [0.15, 0.2) is 30.6 Å². The maximum absolute atomic E-state index is 13.1. The zero-order chi connectivity index (χ0) is 16.7. The van der Waals surface area contributed by atoms with Gasteiger partial charge in [-0.1, -0.05) is 29.8 Å². The van der Waals surface area contributed by atoms with Crippen molar-refractivity contribution in [2.24, 2.45) is 7.05 Å². The molecule has 4 rings (SSSR count). The second-order valence-electron chi connectivity index (χ2n) is 7.32. The molecule has 2 unspecified atom stereocenters. The van der Waals surface area contributed by atoms with Crippen LogP contribution in [0.3, 0.4) is 0 Å². The van der Waals surface area contributed by atoms with Crippen molar-refractivity contribution in [3.8, 4) is 0 Å². The predicted molar refractivity (Wildman–Crippen MR) is 94.0 cm³/mol. The van der Waals surface area contributed by atoms with Crippen LogP contribution in [0.2, 0.25) is 0 Å². The van der Waals surface area contributed by atoms with Crippen molar-refractivity contribution in [3.05, 3.63) is 53.1 Å². The Bertz CT molecular complexity index is 764. The first-order chi connectivity index (χ1) is 11.6. The average Bonchev–Trinajstić information content (AvgIpc) is 3.22. The Morgan fingerprint density at radius 2 is 2.17 bits per heavy atom. The van der Waals surface area contributed by atoms with E-state index >= 15 is 0 Å². The molecule has 0 radical (unpaired) electrons. The van der Waals surface area contributed by atoms with Crippen molar-refractivity contribution in [1.82, 2.24) is 14.5 Å². The van der Waals surface area contributed by atoms with Gasteiger partial charge >= 0.3 is 0 Å². The topological polar surface area (TPSA) is 38.1 Å². The number of benzene rings is 1. The molecule has 126 valence electrons. The van der Waals surface area contributed by atoms with E-state index in [-0.39, 0.29) is 11.8 Å². The number of amides is 1. The van der Waals surface area contributed by atoms with Crippen LogP contribution >= 0.6 is 0 Å². The molecule has 4 heteroatoms. The van der Waals surface area contributed by atoms with Crippen LogP contribution in [0, 0.1) is 6.92 Å². The molecule has 2 heterocycles. The van der Waals surface area contributed by atoms with Gasteiger partial charge in [-0.05, 0) is 38.2 Å². The lowest BCUT2D eigenvalue weighted by atomic mass is 9.88. The Balaban J connectivity index is 1.50. The number of hydrogen-bond acceptors (Lipinski definition) is 2. The summed E-state index contributed by atoms with van der Waals surface area (Å²) < 4.78 is 2.08. The lowest BCUT2D eigenvalue weighted by molar-refractivity contribution is -0.132. The van der Waals surface area contributed by atoms with E-state index in [9.17, 15) is 4.79 Å². The number of imidazole rings is 1. The van der Waals surface area contributed by atoms with E-state index in [4.69, 9.17) is 0 Å². The van der Waals surface area contributed by atoms with Crippen LogP contribution in [-0.4, -0.2) is 33.4 Å². The highest BCUT2D eigenvalue weighted by Crippen LogP contribution is 2.35. The summed E-state index contributed by atoms with van der Waals surface area (Å²) in [7, 11) is 2.03. The number of carbonyl (C=O) groups is 1. The molecule has 2 atom stereocenters. The molecule has 24 heavy (non-hydrogen) atoms. The highest BCUT2D eigenvalue weighted by Gasteiger charge is 2.36. The minimum absolute atomic E-state index is 0.0359. The predicted octanol–water partition coefficient (Wildman–Crippen LogP) is 3.16. The molecule has 1 aliphatic heterocycles. The molecule has 2 aromatic rings. The molecule has 2 aliphatic rings. The molecule has 1 aromatic heterocycles. The van der Waals surface area contributed by atoms with Gasteiger partial charge in [0.1, 0.15) is 0 Å². The summed E-state index contributed by atoms with van der Waals surface area (Å²) in [5.74, 6) is 0.719. The van der Waals surface area contributed by atoms with Crippen LogP contribution in [0.4, 0.5) is 0 Å². The van der Waals surface area contributed by atoms with E-state index in [0.717, 1.165) is 44.5 Å². The molecule has 0 N–H and O–H groups in total. The summed E-state index contributed by atoms with van der Waals surface area (Å²) >= 11 is 0. The van der Waals surface area contributed by atoms with Gasteiger partial charge in [-0.15, -0.1) is 0 Å². The minimum Gasteiger partial charge on any atom is -0.341 e. The van der Waals surface area contributed by atoms with Crippen molar-refractivity contribution in [1.29, 1.82) is 0 Å². The third-order valence-electron chi connectivity index (χ3n) is 5.64. The van der Waals surface area contributed by atoms with E-state index in [1.807, 2.05) is 13.4 Å². The van der Waals surface area contributed by atoms with Crippen molar-refractivity contribution in [2.45, 2.75) is 44.4 Å². The zero-order valence-corrected chi connectivity index (χ0v) is 14.5. The van der Waals surface area contributed by atoms with Crippen molar-refractivity contribution in [2.75, 3.05) is 13.1 Å². The number of fused-ring (bicyclic) bond motifs is 1. The molecule has 1 aromatic carbocycles. The van der Waals surface area contributed by atoms with E-state index < -0.39 is 0 Å². The van der Waals surface area contributed by atoms with Gasteiger partial charge in [0, 0.05) is 31.7 Å². The molecule has 1 amide bonds. The Hall–Kier alpha value is -2.10. The number of hydrogen-bond donors (Lipinski definition) is 0. The summed E-state index contributed by atoms with van der Waals surface area (Å²) in [6.07, 6.45) is 5.99. The van der Waals surface area contributed by atoms with E-state index in [2.05, 4.69) is 45.6 Å². The Kier molecular flexibility index (Phi) is 3.91. The largest absolute Gasteiger partial charge is 0.341 e. The Morgan fingerprint density at radius 1 is 1.29 bits per heavy atom. The number of aryl methyl sites for hydroxylation is 2. The van der Waals surface area contributed by atoms with Gasteiger partial charge in [0.2, 0.25) is 5.91 Å². The molecule has 1 saturated heterocycles. The second kappa shape index (κ2) is 6.08. The number of carbonyl (C=O) groups excluding carboxylic acids is 1. The minimum atomic E-state index is -0.0359. The van der Waals surface area contributed by atoms with E-state index in [0.29, 0.717) is 5.92 Å². The first-order valence-corrected chi connectivity index (χ1v) is 8.99. The molecular weight excluding hydrogens is 298 g/mol. The number of rotatable bonds is 2. The zero-order valence-electron chi connectivity index (χ0n) is 14.5. The van der Waals surface area contributed by atoms with Gasteiger partial charge in [-0.2, -0.15) is 0 Å². The van der Waals surface area contributed by atoms with Crippen LogP contribution in [0.1, 0.15) is 53.6 Å². The maximum atomic E-state index is 13.1. The fourth-order valence-electron chi connectivity index (χ4n) is 4.30. The van der Waals surface area contributed by atoms with Gasteiger partial charge in [0.15, 0.2) is 0 Å². The SMILES string of the molecule is Cc1cccc(C2CCN(C(=O)C3CCCc4c3ncn4C)C2)c1. The van der Waals surface area contributed by atoms with Gasteiger partial charge in [0.05, 0.1) is 17.9 Å². The molecular formula is C20H25N3O. The van der Waals surface area contributed by atoms with Gasteiger partial charge in [0.25, 0.3) is 0 Å². The highest BCUT2D eigenvalue weighted by molar-refractivity contribution is 5.84. The van der Waals surface area contributed by atoms with Gasteiger partial charge in [-0.3, -0.25) is 4.79 Å². The fraction of sp³-hybridized carbons (Fsp3) is 0.500. The van der Waals surface area contributed by atoms with Crippen LogP contribution in [-0.2, 0) is 18.3 Å². The summed E-state index contributed by atoms with van der Waals surface area (Å²) in [5, 5.41) is 0. The number of aromatic nitrogens is 2. The normalized spacial score (nSPS) is 23.3. The standard InChI is InChI=1S/C20H25N3O/c1-14-5-3-6-15(11-14)16-9-10-23(12-16)20(24)17-7-4-8-18-19(17)21-13-22(18)2/h3,5-6,11,13,16-17H,4,7-10,12H2,1-2H3. The highest BCUT2D eigenvalue weighted by atomic mass is 16.2. The number of likely N-dealkylation sites (tertiary alicyclic amines) is 1. The second-order valence-corrected chi connectivity index (χ2v) is 7.32. The molecule has 1 fully saturated rings. The molecule has 0 bridgehead atoms. The first-order valence-electron chi connectivity index (χ1n) is 8.99. The van der Waals surface area contributed by atoms with E-state index in [1.54, 1.807) is 0 Å². The van der Waals surface area contributed by atoms with E-state index in [1.165, 1.54) is 16.8 Å². The molecule has 0 spiro atoms. The van der Waals surface area contributed by atoms with Crippen LogP contribution in [0.25, 0.3) is 0 Å². The average molecular weight is 323 g/mol. The maximum Gasteiger partial charge on any atom is 0.231 e. The van der Waals surface area contributed by atoms with Gasteiger partial charge < -0.3 is 9.47 Å². The fourth-order valence-corrected chi connectivity index (χ4v) is 4.30. The molecule has 1 aliphatic carbocycles. The first kappa shape index (κ1) is 15.4. The summed E-state index contributed by atoms with van der Waals surface area (Å²) in [6.45, 7) is 3.85. The van der Waals surface area contributed by atoms with Crippen LogP contribution < -0.4 is 0 Å². The van der Waals surface area contributed by atoms with Crippen molar-refractivity contribution < 1.29 is 4.79 Å². The summed E-state index contributed by atoms with van der Waals surface area (Å²) in [5.41, 5.74) is 4.93. The number of nitrogens with zero attached hydrogens (tertiary/aromatic N) is 3. The van der Waals surface area contributed by atoms with Gasteiger partial charge in [-0.25, -0.2) is 4.98 Å². The Labute approximate surface area is 143 Å². The lowest BCUT2D eigenvalue weighted by Crippen LogP contribution is -2.35. The third kappa shape index (κ3) is 2.64. The lowest BCUT2D eigenvalue weighted by Gasteiger charge is -2.26. The van der Waals surface area contributed by atoms with Crippen molar-refractivity contribution in [3.63, 3.8) is 0 Å². The third-order valence-corrected chi connectivity index (χ3v) is 5.64. The van der Waals surface area contributed by atoms with Crippen molar-refractivity contribution >= 4 is 5.91 Å². The smallest absolute Gasteiger partial charge is 0.231 e. The molecule has 0 saturated carbocycles. The van der Waals surface area contributed by atoms with Crippen LogP contribution in [0.5, 0.6) is 0 Å². The molecule has 4 nitrogen and oxygen atoms in total. The summed E-state index contributed by atoms with van der Waals surface area (Å²) in [6, 6.07) is 8.71. The monoisotopic (exact) mass is 323 g/mol. The summed E-state index contributed by atoms with van der Waals surface area (Å²) in [4.78, 5) is 19.7. The quantitative estimate of drug-likeness (QED) is 0.851. The Morgan fingerprint density at radius 3 is 3.00 bits per heavy atom.